The Kier molecular flexibility index (Phi) is 8.30. The molecule has 2 aromatic rings. The van der Waals surface area contributed by atoms with E-state index in [9.17, 15) is 9.59 Å². The molecule has 144 valence electrons. The molecule has 0 radical (unpaired) electrons. The molecule has 0 aliphatic rings. The molecule has 0 aliphatic carbocycles. The first kappa shape index (κ1) is 20.9. The fraction of sp³-hybridized carbons (Fsp3) is 0.333. The number of nitrogens with zero attached hydrogens (tertiary/aromatic N) is 1. The zero-order valence-corrected chi connectivity index (χ0v) is 16.2. The summed E-state index contributed by atoms with van der Waals surface area (Å²) in [6, 6.07) is 15.7. The van der Waals surface area contributed by atoms with E-state index < -0.39 is 6.04 Å². The second-order valence-electron chi connectivity index (χ2n) is 6.23. The van der Waals surface area contributed by atoms with Gasteiger partial charge >= 0.3 is 0 Å². The topological polar surface area (TPSA) is 69.6 Å². The monoisotopic (exact) mass is 388 g/mol. The van der Waals surface area contributed by atoms with Crippen LogP contribution in [0.1, 0.15) is 36.9 Å². The molecule has 1 atom stereocenters. The Labute approximate surface area is 165 Å². The van der Waals surface area contributed by atoms with Gasteiger partial charge in [-0.05, 0) is 29.7 Å². The van der Waals surface area contributed by atoms with Crippen LogP contribution >= 0.6 is 11.6 Å². The van der Waals surface area contributed by atoms with Crippen molar-refractivity contribution in [2.24, 2.45) is 0 Å². The number of carbonyl (C=O) groups excluding carboxylic acids is 2. The first-order valence-corrected chi connectivity index (χ1v) is 9.42. The predicted octanol–water partition coefficient (Wildman–Crippen LogP) is 3.32. The van der Waals surface area contributed by atoms with Crippen molar-refractivity contribution in [2.45, 2.75) is 32.4 Å². The number of hydrogen-bond donors (Lipinski definition) is 2. The molecule has 0 bridgehead atoms. The van der Waals surface area contributed by atoms with Crippen molar-refractivity contribution in [3.8, 4) is 0 Å². The van der Waals surface area contributed by atoms with Gasteiger partial charge in [-0.15, -0.1) is 0 Å². The van der Waals surface area contributed by atoms with Gasteiger partial charge < -0.3 is 15.3 Å². The minimum Gasteiger partial charge on any atom is -0.395 e. The minimum atomic E-state index is -0.771. The van der Waals surface area contributed by atoms with Gasteiger partial charge in [0.25, 0.3) is 0 Å². The lowest BCUT2D eigenvalue weighted by Gasteiger charge is -2.31. The predicted molar refractivity (Wildman–Crippen MR) is 106 cm³/mol. The first-order chi connectivity index (χ1) is 13.1. The summed E-state index contributed by atoms with van der Waals surface area (Å²) in [7, 11) is 0. The van der Waals surface area contributed by atoms with Crippen molar-refractivity contribution in [3.63, 3.8) is 0 Å². The summed E-state index contributed by atoms with van der Waals surface area (Å²) in [6.45, 7) is 2.20. The summed E-state index contributed by atoms with van der Waals surface area (Å²) in [5, 5.41) is 12.4. The van der Waals surface area contributed by atoms with E-state index >= 15 is 0 Å². The number of carbonyl (C=O) groups is 2. The zero-order chi connectivity index (χ0) is 19.6. The van der Waals surface area contributed by atoms with Gasteiger partial charge in [-0.2, -0.15) is 0 Å². The van der Waals surface area contributed by atoms with Crippen LogP contribution in [0.15, 0.2) is 54.6 Å². The Morgan fingerprint density at radius 1 is 1.11 bits per heavy atom. The second kappa shape index (κ2) is 10.7. The van der Waals surface area contributed by atoms with Crippen molar-refractivity contribution < 1.29 is 14.7 Å². The molecule has 6 heteroatoms. The molecular formula is C21H25ClN2O3. The van der Waals surface area contributed by atoms with Gasteiger partial charge in [-0.3, -0.25) is 9.59 Å². The van der Waals surface area contributed by atoms with Crippen molar-refractivity contribution >= 4 is 23.4 Å². The highest BCUT2D eigenvalue weighted by Crippen LogP contribution is 2.25. The summed E-state index contributed by atoms with van der Waals surface area (Å²) in [6.07, 6.45) is 1.04. The van der Waals surface area contributed by atoms with Crippen LogP contribution in [0.25, 0.3) is 0 Å². The van der Waals surface area contributed by atoms with Crippen LogP contribution < -0.4 is 5.32 Å². The quantitative estimate of drug-likeness (QED) is 0.692. The second-order valence-corrected chi connectivity index (χ2v) is 6.66. The molecule has 0 aliphatic heterocycles. The number of hydrogen-bond acceptors (Lipinski definition) is 3. The molecule has 0 fully saturated rings. The lowest BCUT2D eigenvalue weighted by Crippen LogP contribution is -2.44. The van der Waals surface area contributed by atoms with Gasteiger partial charge in [0.05, 0.1) is 6.61 Å². The summed E-state index contributed by atoms with van der Waals surface area (Å²) in [5.41, 5.74) is 1.62. The molecule has 1 unspecified atom stereocenters. The van der Waals surface area contributed by atoms with E-state index in [0.717, 1.165) is 11.1 Å². The maximum atomic E-state index is 12.9. The summed E-state index contributed by atoms with van der Waals surface area (Å²) in [4.78, 5) is 27.3. The van der Waals surface area contributed by atoms with Crippen molar-refractivity contribution in [1.82, 2.24) is 10.2 Å². The normalized spacial score (nSPS) is 11.7. The Hall–Kier alpha value is -2.37. The number of amides is 2. The minimum absolute atomic E-state index is 0.0968. The standard InChI is InChI=1S/C21H25ClN2O3/c1-2-6-19(26)24(15-16-9-11-18(22)12-10-16)20(21(27)23-13-14-25)17-7-4-3-5-8-17/h3-5,7-12,20,25H,2,6,13-15H2,1H3,(H,23,27). The van der Waals surface area contributed by atoms with Gasteiger partial charge in [-0.25, -0.2) is 0 Å². The molecular weight excluding hydrogens is 364 g/mol. The fourth-order valence-electron chi connectivity index (χ4n) is 2.85. The van der Waals surface area contributed by atoms with Crippen LogP contribution in [0, 0.1) is 0 Å². The number of halogens is 1. The number of nitrogens with one attached hydrogen (secondary N) is 1. The number of aliphatic hydroxyl groups excluding tert-OH is 1. The third-order valence-corrected chi connectivity index (χ3v) is 4.39. The Bertz CT molecular complexity index is 735. The average molecular weight is 389 g/mol. The van der Waals surface area contributed by atoms with E-state index in [-0.39, 0.29) is 25.0 Å². The van der Waals surface area contributed by atoms with E-state index in [2.05, 4.69) is 5.32 Å². The SMILES string of the molecule is CCCC(=O)N(Cc1ccc(Cl)cc1)C(C(=O)NCCO)c1ccccc1. The highest BCUT2D eigenvalue weighted by Gasteiger charge is 2.30. The van der Waals surface area contributed by atoms with Crippen LogP contribution in [-0.4, -0.2) is 35.0 Å². The smallest absolute Gasteiger partial charge is 0.247 e. The third-order valence-electron chi connectivity index (χ3n) is 4.14. The molecule has 2 amide bonds. The van der Waals surface area contributed by atoms with E-state index in [1.165, 1.54) is 0 Å². The number of aliphatic hydroxyl groups is 1. The molecule has 0 saturated heterocycles. The van der Waals surface area contributed by atoms with Gasteiger partial charge in [0.1, 0.15) is 6.04 Å². The van der Waals surface area contributed by atoms with Crippen molar-refractivity contribution in [3.05, 3.63) is 70.7 Å². The molecule has 0 heterocycles. The summed E-state index contributed by atoms with van der Waals surface area (Å²) < 4.78 is 0. The maximum absolute atomic E-state index is 12.9. The van der Waals surface area contributed by atoms with E-state index in [1.807, 2.05) is 49.4 Å². The largest absolute Gasteiger partial charge is 0.395 e. The highest BCUT2D eigenvalue weighted by molar-refractivity contribution is 6.30. The van der Waals surface area contributed by atoms with Gasteiger partial charge in [0.2, 0.25) is 11.8 Å². The van der Waals surface area contributed by atoms with Crippen molar-refractivity contribution in [1.29, 1.82) is 0 Å². The van der Waals surface area contributed by atoms with Gasteiger partial charge in [-0.1, -0.05) is 61.0 Å². The lowest BCUT2D eigenvalue weighted by atomic mass is 10.0. The van der Waals surface area contributed by atoms with Gasteiger partial charge in [0, 0.05) is 24.5 Å². The van der Waals surface area contributed by atoms with Crippen molar-refractivity contribution in [2.75, 3.05) is 13.2 Å². The average Bonchev–Trinajstić information content (AvgIpc) is 2.68. The lowest BCUT2D eigenvalue weighted by molar-refractivity contribution is -0.141. The molecule has 2 aromatic carbocycles. The Balaban J connectivity index is 2.39. The Morgan fingerprint density at radius 2 is 1.78 bits per heavy atom. The first-order valence-electron chi connectivity index (χ1n) is 9.04. The van der Waals surface area contributed by atoms with Crippen LogP contribution in [0.3, 0.4) is 0 Å². The molecule has 27 heavy (non-hydrogen) atoms. The zero-order valence-electron chi connectivity index (χ0n) is 15.4. The molecule has 0 saturated carbocycles. The Morgan fingerprint density at radius 3 is 2.37 bits per heavy atom. The van der Waals surface area contributed by atoms with Crippen LogP contribution in [0.4, 0.5) is 0 Å². The summed E-state index contributed by atoms with van der Waals surface area (Å²) in [5.74, 6) is -0.408. The van der Waals surface area contributed by atoms with Gasteiger partial charge in [0.15, 0.2) is 0 Å². The maximum Gasteiger partial charge on any atom is 0.247 e. The molecule has 0 aromatic heterocycles. The van der Waals surface area contributed by atoms with E-state index in [0.29, 0.717) is 24.4 Å². The summed E-state index contributed by atoms with van der Waals surface area (Å²) >= 11 is 5.96. The van der Waals surface area contributed by atoms with Crippen LogP contribution in [0.2, 0.25) is 5.02 Å². The number of benzene rings is 2. The molecule has 5 nitrogen and oxygen atoms in total. The number of rotatable bonds is 9. The van der Waals surface area contributed by atoms with E-state index in [1.54, 1.807) is 17.0 Å². The fourth-order valence-corrected chi connectivity index (χ4v) is 2.98. The van der Waals surface area contributed by atoms with Crippen LogP contribution in [0.5, 0.6) is 0 Å². The third kappa shape index (κ3) is 6.08. The van der Waals surface area contributed by atoms with E-state index in [4.69, 9.17) is 16.7 Å². The molecule has 0 spiro atoms. The highest BCUT2D eigenvalue weighted by atomic mass is 35.5. The van der Waals surface area contributed by atoms with Crippen LogP contribution in [-0.2, 0) is 16.1 Å². The molecule has 2 rings (SSSR count). The molecule has 2 N–H and O–H groups in total.